The van der Waals surface area contributed by atoms with E-state index in [4.69, 9.17) is 0 Å². The van der Waals surface area contributed by atoms with Crippen molar-refractivity contribution in [1.82, 2.24) is 24.6 Å². The number of carbonyl (C=O) groups is 1. The number of piperazine rings is 1. The highest BCUT2D eigenvalue weighted by Gasteiger charge is 2.18. The first kappa shape index (κ1) is 27.1. The minimum absolute atomic E-state index is 0.131. The molecule has 0 saturated carbocycles. The summed E-state index contributed by atoms with van der Waals surface area (Å²) in [7, 11) is 1.81. The molecule has 0 atom stereocenters. The Labute approximate surface area is 235 Å². The maximum Gasteiger partial charge on any atom is 0.255 e. The fourth-order valence-electron chi connectivity index (χ4n) is 4.94. The lowest BCUT2D eigenvalue weighted by molar-refractivity contribution is 0.102. The summed E-state index contributed by atoms with van der Waals surface area (Å²) in [5, 5.41) is 14.2. The highest BCUT2D eigenvalue weighted by Crippen LogP contribution is 2.27. The van der Waals surface area contributed by atoms with Crippen molar-refractivity contribution < 1.29 is 4.79 Å². The number of likely N-dealkylation sites (N-methyl/N-ethyl adjacent to an activating group) is 1. The quantitative estimate of drug-likeness (QED) is 0.294. The summed E-state index contributed by atoms with van der Waals surface area (Å²) < 4.78 is 1.75. The topological polar surface area (TPSA) is 103 Å². The van der Waals surface area contributed by atoms with E-state index in [1.54, 1.807) is 4.68 Å². The van der Waals surface area contributed by atoms with Gasteiger partial charge in [-0.3, -0.25) is 4.79 Å². The number of anilines is 5. The van der Waals surface area contributed by atoms with Crippen molar-refractivity contribution in [1.29, 1.82) is 0 Å². The monoisotopic (exact) mass is 539 g/mol. The van der Waals surface area contributed by atoms with Crippen molar-refractivity contribution >= 4 is 34.6 Å². The molecule has 0 aliphatic carbocycles. The molecule has 3 heterocycles. The molecule has 0 unspecified atom stereocenters. The smallest absolute Gasteiger partial charge is 0.255 e. The molecule has 2 aromatic heterocycles. The second-order valence-corrected chi connectivity index (χ2v) is 10.2. The Morgan fingerprint density at radius 1 is 0.950 bits per heavy atom. The lowest BCUT2D eigenvalue weighted by atomic mass is 10.1. The number of hydrogen-bond donors (Lipinski definition) is 3. The molecule has 1 amide bonds. The van der Waals surface area contributed by atoms with Gasteiger partial charge in [0, 0.05) is 68.0 Å². The molecule has 2 aromatic carbocycles. The van der Waals surface area contributed by atoms with Crippen LogP contribution in [-0.4, -0.2) is 70.3 Å². The van der Waals surface area contributed by atoms with E-state index in [0.717, 1.165) is 66.7 Å². The van der Waals surface area contributed by atoms with Crippen LogP contribution in [-0.2, 0) is 0 Å². The van der Waals surface area contributed by atoms with Crippen LogP contribution in [0.4, 0.5) is 28.7 Å². The normalized spacial score (nSPS) is 13.8. The summed E-state index contributed by atoms with van der Waals surface area (Å²) in [5.74, 6) is 1.97. The number of amides is 1. The molecule has 4 aromatic rings. The number of aryl methyl sites for hydroxylation is 3. The largest absolute Gasteiger partial charge is 0.373 e. The summed E-state index contributed by atoms with van der Waals surface area (Å²) in [6.07, 6.45) is 1.51. The second-order valence-electron chi connectivity index (χ2n) is 10.2. The van der Waals surface area contributed by atoms with Crippen LogP contribution in [0.15, 0.2) is 54.9 Å². The fourth-order valence-corrected chi connectivity index (χ4v) is 4.94. The third-order valence-corrected chi connectivity index (χ3v) is 7.22. The van der Waals surface area contributed by atoms with E-state index in [9.17, 15) is 4.79 Å². The Balaban J connectivity index is 1.35. The molecule has 10 nitrogen and oxygen atoms in total. The van der Waals surface area contributed by atoms with Crippen LogP contribution in [0, 0.1) is 20.8 Å². The van der Waals surface area contributed by atoms with Crippen molar-refractivity contribution in [2.45, 2.75) is 27.7 Å². The lowest BCUT2D eigenvalue weighted by Gasteiger charge is -2.35. The maximum absolute atomic E-state index is 13.4. The van der Waals surface area contributed by atoms with Crippen molar-refractivity contribution in [2.75, 3.05) is 60.6 Å². The SMILES string of the molecule is CCN1CCN(c2cc(C)cc(C(=O)Nc3ccc(C)c(Nc4cc(C)nn4-c4cc(NC)ncn4)c3)c2)CC1. The van der Waals surface area contributed by atoms with Gasteiger partial charge in [0.1, 0.15) is 18.0 Å². The molecular weight excluding hydrogens is 502 g/mol. The number of benzene rings is 2. The van der Waals surface area contributed by atoms with E-state index in [0.29, 0.717) is 22.9 Å². The van der Waals surface area contributed by atoms with Crippen LogP contribution in [0.25, 0.3) is 5.82 Å². The average Bonchev–Trinajstić information content (AvgIpc) is 3.34. The Bertz CT molecular complexity index is 1510. The molecule has 1 fully saturated rings. The van der Waals surface area contributed by atoms with Gasteiger partial charge in [-0.1, -0.05) is 13.0 Å². The molecule has 5 rings (SSSR count). The first-order valence-electron chi connectivity index (χ1n) is 13.7. The van der Waals surface area contributed by atoms with Crippen LogP contribution < -0.4 is 20.9 Å². The molecule has 1 aliphatic heterocycles. The lowest BCUT2D eigenvalue weighted by Crippen LogP contribution is -2.46. The third kappa shape index (κ3) is 6.07. The van der Waals surface area contributed by atoms with Gasteiger partial charge in [0.15, 0.2) is 5.82 Å². The Kier molecular flexibility index (Phi) is 7.97. The number of nitrogens with one attached hydrogen (secondary N) is 3. The van der Waals surface area contributed by atoms with Crippen LogP contribution >= 0.6 is 0 Å². The molecule has 10 heteroatoms. The summed E-state index contributed by atoms with van der Waals surface area (Å²) in [6, 6.07) is 15.8. The molecule has 3 N–H and O–H groups in total. The Morgan fingerprint density at radius 3 is 2.50 bits per heavy atom. The van der Waals surface area contributed by atoms with E-state index in [1.807, 2.05) is 70.3 Å². The average molecular weight is 540 g/mol. The van der Waals surface area contributed by atoms with E-state index in [1.165, 1.54) is 6.33 Å². The Morgan fingerprint density at radius 2 is 1.75 bits per heavy atom. The van der Waals surface area contributed by atoms with Gasteiger partial charge in [0.25, 0.3) is 5.91 Å². The van der Waals surface area contributed by atoms with Crippen LogP contribution in [0.5, 0.6) is 0 Å². The zero-order valence-corrected chi connectivity index (χ0v) is 23.8. The predicted octanol–water partition coefficient (Wildman–Crippen LogP) is 4.77. The third-order valence-electron chi connectivity index (χ3n) is 7.22. The van der Waals surface area contributed by atoms with E-state index in [-0.39, 0.29) is 5.91 Å². The van der Waals surface area contributed by atoms with Crippen molar-refractivity contribution in [3.63, 3.8) is 0 Å². The summed E-state index contributed by atoms with van der Waals surface area (Å²) >= 11 is 0. The van der Waals surface area contributed by atoms with Crippen LogP contribution in [0.3, 0.4) is 0 Å². The van der Waals surface area contributed by atoms with Crippen molar-refractivity contribution in [2.24, 2.45) is 0 Å². The first-order chi connectivity index (χ1) is 19.3. The van der Waals surface area contributed by atoms with Gasteiger partial charge < -0.3 is 25.8 Å². The zero-order chi connectivity index (χ0) is 28.2. The van der Waals surface area contributed by atoms with Gasteiger partial charge in [-0.25, -0.2) is 9.97 Å². The molecule has 0 bridgehead atoms. The number of aromatic nitrogens is 4. The van der Waals surface area contributed by atoms with Gasteiger partial charge >= 0.3 is 0 Å². The molecule has 1 aliphatic rings. The van der Waals surface area contributed by atoms with Gasteiger partial charge in [-0.2, -0.15) is 9.78 Å². The first-order valence-corrected chi connectivity index (χ1v) is 13.7. The summed E-state index contributed by atoms with van der Waals surface area (Å²) in [4.78, 5) is 26.8. The number of rotatable bonds is 8. The maximum atomic E-state index is 13.4. The van der Waals surface area contributed by atoms with Crippen molar-refractivity contribution in [3.05, 3.63) is 77.2 Å². The van der Waals surface area contributed by atoms with Crippen molar-refractivity contribution in [3.8, 4) is 5.82 Å². The molecule has 0 spiro atoms. The number of carbonyl (C=O) groups excluding carboxylic acids is 1. The van der Waals surface area contributed by atoms with E-state index >= 15 is 0 Å². The van der Waals surface area contributed by atoms with Crippen LogP contribution in [0.1, 0.15) is 34.1 Å². The second kappa shape index (κ2) is 11.7. The minimum Gasteiger partial charge on any atom is -0.373 e. The molecular formula is C30H37N9O. The zero-order valence-electron chi connectivity index (χ0n) is 23.8. The van der Waals surface area contributed by atoms with Gasteiger partial charge in [-0.15, -0.1) is 0 Å². The van der Waals surface area contributed by atoms with E-state index in [2.05, 4.69) is 53.8 Å². The summed E-state index contributed by atoms with van der Waals surface area (Å²) in [5.41, 5.74) is 6.27. The number of nitrogens with zero attached hydrogens (tertiary/aromatic N) is 6. The van der Waals surface area contributed by atoms with Gasteiger partial charge in [-0.05, 0) is 68.8 Å². The molecule has 208 valence electrons. The van der Waals surface area contributed by atoms with Crippen LogP contribution in [0.2, 0.25) is 0 Å². The standard InChI is InChI=1S/C30H37N9O/c1-6-37-9-11-38(12-10-37)25-14-20(2)13-23(16-25)30(40)34-24-8-7-21(3)26(17-24)35-29-15-22(4)36-39(29)28-18-27(31-5)32-19-33-28/h7-8,13-19,35H,6,9-12H2,1-5H3,(H,34,40)(H,31,32,33). The number of hydrogen-bond acceptors (Lipinski definition) is 8. The van der Waals surface area contributed by atoms with Gasteiger partial charge in [0.2, 0.25) is 0 Å². The highest BCUT2D eigenvalue weighted by molar-refractivity contribution is 6.05. The molecule has 40 heavy (non-hydrogen) atoms. The molecule has 0 radical (unpaired) electrons. The van der Waals surface area contributed by atoms with Gasteiger partial charge in [0.05, 0.1) is 5.69 Å². The Hall–Kier alpha value is -4.44. The predicted molar refractivity (Wildman–Crippen MR) is 161 cm³/mol. The van der Waals surface area contributed by atoms with E-state index < -0.39 is 0 Å². The fraction of sp³-hybridized carbons (Fsp3) is 0.333. The summed E-state index contributed by atoms with van der Waals surface area (Å²) in [6.45, 7) is 13.3. The molecule has 1 saturated heterocycles. The minimum atomic E-state index is -0.131. The highest BCUT2D eigenvalue weighted by atomic mass is 16.1.